The molecule has 0 saturated carbocycles. The molecule has 0 unspecified atom stereocenters. The van der Waals surface area contributed by atoms with Crippen molar-refractivity contribution in [3.8, 4) is 0 Å². The molecule has 0 spiro atoms. The maximum absolute atomic E-state index is 12.2. The lowest BCUT2D eigenvalue weighted by Crippen LogP contribution is -3.13. The van der Waals surface area contributed by atoms with E-state index in [1.165, 1.54) is 37.0 Å². The molecule has 2 saturated heterocycles. The lowest BCUT2D eigenvalue weighted by molar-refractivity contribution is -0.893. The van der Waals surface area contributed by atoms with Crippen molar-refractivity contribution in [2.45, 2.75) is 51.0 Å². The maximum atomic E-state index is 12.2. The minimum atomic E-state index is -2.96. The molecule has 0 aromatic rings. The summed E-state index contributed by atoms with van der Waals surface area (Å²) in [5, 5.41) is 2.96. The average Bonchev–Trinajstić information content (AvgIpc) is 2.56. The molecule has 0 bridgehead atoms. The Morgan fingerprint density at radius 2 is 1.75 bits per heavy atom. The van der Waals surface area contributed by atoms with Gasteiger partial charge in [0.15, 0.2) is 16.4 Å². The van der Waals surface area contributed by atoms with E-state index in [4.69, 9.17) is 0 Å². The molecule has 20 heavy (non-hydrogen) atoms. The van der Waals surface area contributed by atoms with E-state index in [9.17, 15) is 13.2 Å². The fraction of sp³-hybridized carbons (Fsp3) is 0.929. The van der Waals surface area contributed by atoms with E-state index in [0.29, 0.717) is 13.0 Å². The largest absolute Gasteiger partial charge is 0.345 e. The van der Waals surface area contributed by atoms with Gasteiger partial charge in [0.1, 0.15) is 0 Å². The second kappa shape index (κ2) is 6.43. The number of nitrogens with one attached hydrogen (secondary N) is 2. The Balaban J connectivity index is 1.82. The third kappa shape index (κ3) is 4.74. The number of rotatable bonds is 3. The van der Waals surface area contributed by atoms with E-state index in [2.05, 4.69) is 5.32 Å². The first-order chi connectivity index (χ1) is 9.39. The summed E-state index contributed by atoms with van der Waals surface area (Å²) in [5.74, 6) is 0.279. The molecular formula is C14H27N2O3S+. The van der Waals surface area contributed by atoms with Crippen molar-refractivity contribution >= 4 is 15.7 Å². The van der Waals surface area contributed by atoms with E-state index in [0.717, 1.165) is 13.1 Å². The van der Waals surface area contributed by atoms with Crippen LogP contribution in [0.3, 0.4) is 0 Å². The van der Waals surface area contributed by atoms with Crippen molar-refractivity contribution in [3.05, 3.63) is 0 Å². The zero-order valence-corrected chi connectivity index (χ0v) is 13.2. The molecule has 2 aliphatic rings. The van der Waals surface area contributed by atoms with Crippen LogP contribution in [0, 0.1) is 0 Å². The normalized spacial score (nSPS) is 31.4. The molecule has 2 fully saturated rings. The number of quaternary nitrogens is 1. The van der Waals surface area contributed by atoms with Crippen LogP contribution in [0.25, 0.3) is 0 Å². The molecule has 0 aromatic heterocycles. The summed E-state index contributed by atoms with van der Waals surface area (Å²) in [6.45, 7) is 4.44. The first kappa shape index (κ1) is 15.8. The van der Waals surface area contributed by atoms with Gasteiger partial charge in [0.05, 0.1) is 30.1 Å². The number of hydrogen-bond acceptors (Lipinski definition) is 3. The topological polar surface area (TPSA) is 67.7 Å². The number of carbonyl (C=O) groups is 1. The van der Waals surface area contributed by atoms with E-state index in [1.54, 1.807) is 0 Å². The first-order valence-electron chi connectivity index (χ1n) is 7.74. The van der Waals surface area contributed by atoms with Gasteiger partial charge in [0.2, 0.25) is 0 Å². The summed E-state index contributed by atoms with van der Waals surface area (Å²) in [4.78, 5) is 13.5. The van der Waals surface area contributed by atoms with Crippen LogP contribution in [0.2, 0.25) is 0 Å². The highest BCUT2D eigenvalue weighted by Gasteiger charge is 2.39. The van der Waals surface area contributed by atoms with E-state index < -0.39 is 15.4 Å². The van der Waals surface area contributed by atoms with Crippen molar-refractivity contribution in [2.75, 3.05) is 31.1 Å². The molecule has 1 amide bonds. The van der Waals surface area contributed by atoms with Gasteiger partial charge in [-0.3, -0.25) is 4.79 Å². The average molecular weight is 303 g/mol. The molecule has 2 N–H and O–H groups in total. The van der Waals surface area contributed by atoms with Crippen molar-refractivity contribution in [2.24, 2.45) is 0 Å². The Morgan fingerprint density at radius 1 is 1.15 bits per heavy atom. The zero-order valence-electron chi connectivity index (χ0n) is 12.4. The zero-order chi connectivity index (χ0) is 14.6. The van der Waals surface area contributed by atoms with Crippen LogP contribution < -0.4 is 10.2 Å². The molecule has 2 rings (SSSR count). The van der Waals surface area contributed by atoms with Gasteiger partial charge in [0, 0.05) is 0 Å². The molecule has 116 valence electrons. The standard InChI is InChI=1S/C14H26N2O3S/c1-14(7-10-20(18,19)12-14)15-13(17)11-16-8-5-3-2-4-6-9-16/h2-12H2,1H3,(H,15,17)/p+1/t14-/m1/s1. The molecule has 6 heteroatoms. The highest BCUT2D eigenvalue weighted by atomic mass is 32.2. The minimum absolute atomic E-state index is 0.000161. The van der Waals surface area contributed by atoms with E-state index in [-0.39, 0.29) is 17.4 Å². The van der Waals surface area contributed by atoms with Crippen molar-refractivity contribution in [1.82, 2.24) is 5.32 Å². The summed E-state index contributed by atoms with van der Waals surface area (Å²) in [6.07, 6.45) is 6.76. The van der Waals surface area contributed by atoms with Crippen molar-refractivity contribution < 1.29 is 18.1 Å². The van der Waals surface area contributed by atoms with Crippen molar-refractivity contribution in [1.29, 1.82) is 0 Å². The Hall–Kier alpha value is -0.620. The molecule has 1 atom stereocenters. The Bertz CT molecular complexity index is 441. The van der Waals surface area contributed by atoms with Crippen LogP contribution in [0.1, 0.15) is 45.4 Å². The molecule has 2 heterocycles. The Labute approximate surface area is 122 Å². The van der Waals surface area contributed by atoms with Gasteiger partial charge in [-0.1, -0.05) is 6.42 Å². The van der Waals surface area contributed by atoms with Crippen LogP contribution in [0.5, 0.6) is 0 Å². The molecule has 0 aromatic carbocycles. The Kier molecular flexibility index (Phi) is 5.07. The monoisotopic (exact) mass is 303 g/mol. The fourth-order valence-electron chi connectivity index (χ4n) is 3.30. The highest BCUT2D eigenvalue weighted by molar-refractivity contribution is 7.91. The summed E-state index contributed by atoms with van der Waals surface area (Å²) in [7, 11) is -2.96. The molecule has 2 aliphatic heterocycles. The fourth-order valence-corrected chi connectivity index (χ4v) is 5.39. The van der Waals surface area contributed by atoms with Gasteiger partial charge in [-0.15, -0.1) is 0 Å². The van der Waals surface area contributed by atoms with Crippen molar-refractivity contribution in [3.63, 3.8) is 0 Å². The second-order valence-corrected chi connectivity index (χ2v) is 8.83. The van der Waals surface area contributed by atoms with Crippen LogP contribution in [-0.2, 0) is 14.6 Å². The lowest BCUT2D eigenvalue weighted by Gasteiger charge is -2.26. The number of likely N-dealkylation sites (tertiary alicyclic amines) is 1. The lowest BCUT2D eigenvalue weighted by atomic mass is 10.0. The Morgan fingerprint density at radius 3 is 2.30 bits per heavy atom. The summed E-state index contributed by atoms with van der Waals surface area (Å²) >= 11 is 0. The molecular weight excluding hydrogens is 276 g/mol. The SMILES string of the molecule is C[C@@]1(NC(=O)C[NH+]2CCCCCCC2)CCS(=O)(=O)C1. The summed E-state index contributed by atoms with van der Waals surface area (Å²) in [6, 6.07) is 0. The van der Waals surface area contributed by atoms with Gasteiger partial charge in [-0.2, -0.15) is 0 Å². The van der Waals surface area contributed by atoms with Gasteiger partial charge < -0.3 is 10.2 Å². The van der Waals surface area contributed by atoms with Gasteiger partial charge in [-0.25, -0.2) is 8.42 Å². The smallest absolute Gasteiger partial charge is 0.275 e. The van der Waals surface area contributed by atoms with E-state index in [1.807, 2.05) is 6.92 Å². The molecule has 0 aliphatic carbocycles. The van der Waals surface area contributed by atoms with Crippen LogP contribution >= 0.6 is 0 Å². The maximum Gasteiger partial charge on any atom is 0.275 e. The molecule has 5 nitrogen and oxygen atoms in total. The van der Waals surface area contributed by atoms with Crippen LogP contribution in [-0.4, -0.2) is 51.0 Å². The minimum Gasteiger partial charge on any atom is -0.345 e. The van der Waals surface area contributed by atoms with Gasteiger partial charge in [-0.05, 0) is 39.0 Å². The highest BCUT2D eigenvalue weighted by Crippen LogP contribution is 2.22. The second-order valence-electron chi connectivity index (χ2n) is 6.65. The predicted octanol–water partition coefficient (Wildman–Crippen LogP) is -0.471. The predicted molar refractivity (Wildman–Crippen MR) is 78.5 cm³/mol. The summed E-state index contributed by atoms with van der Waals surface area (Å²) < 4.78 is 23.1. The van der Waals surface area contributed by atoms with Gasteiger partial charge in [0.25, 0.3) is 5.91 Å². The van der Waals surface area contributed by atoms with Gasteiger partial charge >= 0.3 is 0 Å². The van der Waals surface area contributed by atoms with Crippen LogP contribution in [0.15, 0.2) is 0 Å². The van der Waals surface area contributed by atoms with Crippen LogP contribution in [0.4, 0.5) is 0 Å². The number of carbonyl (C=O) groups excluding carboxylic acids is 1. The van der Waals surface area contributed by atoms with E-state index >= 15 is 0 Å². The number of hydrogen-bond donors (Lipinski definition) is 2. The number of amides is 1. The third-order valence-corrected chi connectivity index (χ3v) is 6.32. The first-order valence-corrected chi connectivity index (χ1v) is 9.56. The number of sulfone groups is 1. The quantitative estimate of drug-likeness (QED) is 0.741. The molecule has 0 radical (unpaired) electrons. The summed E-state index contributed by atoms with van der Waals surface area (Å²) in [5.41, 5.74) is -0.557. The third-order valence-electron chi connectivity index (χ3n) is 4.42.